The summed E-state index contributed by atoms with van der Waals surface area (Å²) in [4.78, 5) is 11.6. The lowest BCUT2D eigenvalue weighted by Gasteiger charge is -2.06. The Labute approximate surface area is 102 Å². The molecule has 1 aromatic rings. The largest absolute Gasteiger partial charge is 0.462 e. The van der Waals surface area contributed by atoms with Gasteiger partial charge in [0.15, 0.2) is 0 Å². The SMILES string of the molecule is CC(C)CCCOC(=O)c1cccc(C#N)c1. The van der Waals surface area contributed by atoms with Crippen molar-refractivity contribution in [2.75, 3.05) is 6.61 Å². The summed E-state index contributed by atoms with van der Waals surface area (Å²) < 4.78 is 5.13. The van der Waals surface area contributed by atoms with E-state index >= 15 is 0 Å². The van der Waals surface area contributed by atoms with Crippen molar-refractivity contribution in [1.29, 1.82) is 5.26 Å². The van der Waals surface area contributed by atoms with Crippen molar-refractivity contribution in [2.45, 2.75) is 26.7 Å². The Bertz CT molecular complexity index is 418. The van der Waals surface area contributed by atoms with Gasteiger partial charge in [-0.3, -0.25) is 0 Å². The molecule has 0 bridgehead atoms. The van der Waals surface area contributed by atoms with Gasteiger partial charge in [0.05, 0.1) is 23.8 Å². The molecule has 0 aromatic heterocycles. The lowest BCUT2D eigenvalue weighted by molar-refractivity contribution is 0.0494. The molecule has 0 atom stereocenters. The maximum atomic E-state index is 11.6. The first-order valence-corrected chi connectivity index (χ1v) is 5.80. The van der Waals surface area contributed by atoms with Gasteiger partial charge >= 0.3 is 5.97 Å². The van der Waals surface area contributed by atoms with Crippen LogP contribution in [-0.4, -0.2) is 12.6 Å². The second-order valence-electron chi connectivity index (χ2n) is 4.36. The lowest BCUT2D eigenvalue weighted by atomic mass is 10.1. The van der Waals surface area contributed by atoms with Gasteiger partial charge in [0.2, 0.25) is 0 Å². The summed E-state index contributed by atoms with van der Waals surface area (Å²) in [7, 11) is 0. The van der Waals surface area contributed by atoms with E-state index in [0.717, 1.165) is 12.8 Å². The third-order valence-corrected chi connectivity index (χ3v) is 2.39. The second-order valence-corrected chi connectivity index (χ2v) is 4.36. The number of benzene rings is 1. The number of rotatable bonds is 5. The molecule has 0 saturated carbocycles. The fourth-order valence-electron chi connectivity index (χ4n) is 1.46. The molecule has 0 heterocycles. The molecule has 0 amide bonds. The topological polar surface area (TPSA) is 50.1 Å². The molecular weight excluding hydrogens is 214 g/mol. The number of carbonyl (C=O) groups is 1. The van der Waals surface area contributed by atoms with E-state index in [1.807, 2.05) is 6.07 Å². The molecule has 0 N–H and O–H groups in total. The van der Waals surface area contributed by atoms with Crippen LogP contribution in [0.1, 0.15) is 42.6 Å². The van der Waals surface area contributed by atoms with E-state index in [4.69, 9.17) is 10.00 Å². The highest BCUT2D eigenvalue weighted by Gasteiger charge is 2.07. The number of hydrogen-bond acceptors (Lipinski definition) is 3. The fraction of sp³-hybridized carbons (Fsp3) is 0.429. The Morgan fingerprint density at radius 1 is 1.47 bits per heavy atom. The number of carbonyl (C=O) groups excluding carboxylic acids is 1. The van der Waals surface area contributed by atoms with E-state index in [-0.39, 0.29) is 5.97 Å². The first-order chi connectivity index (χ1) is 8.13. The van der Waals surface area contributed by atoms with Gasteiger partial charge in [-0.1, -0.05) is 19.9 Å². The summed E-state index contributed by atoms with van der Waals surface area (Å²) in [5, 5.41) is 8.72. The molecule has 0 spiro atoms. The molecule has 0 aliphatic carbocycles. The maximum Gasteiger partial charge on any atom is 0.338 e. The second kappa shape index (κ2) is 6.70. The summed E-state index contributed by atoms with van der Waals surface area (Å²) in [6.45, 7) is 4.71. The molecule has 0 aliphatic heterocycles. The molecule has 1 rings (SSSR count). The highest BCUT2D eigenvalue weighted by molar-refractivity contribution is 5.89. The third kappa shape index (κ3) is 4.69. The molecule has 0 unspecified atom stereocenters. The summed E-state index contributed by atoms with van der Waals surface area (Å²) in [5.74, 6) is 0.265. The van der Waals surface area contributed by atoms with Crippen molar-refractivity contribution in [3.05, 3.63) is 35.4 Å². The van der Waals surface area contributed by atoms with Crippen LogP contribution in [0.4, 0.5) is 0 Å². The first kappa shape index (κ1) is 13.2. The molecule has 90 valence electrons. The minimum atomic E-state index is -0.356. The van der Waals surface area contributed by atoms with E-state index in [1.165, 1.54) is 0 Å². The van der Waals surface area contributed by atoms with E-state index in [0.29, 0.717) is 23.7 Å². The van der Waals surface area contributed by atoms with Crippen molar-refractivity contribution in [1.82, 2.24) is 0 Å². The summed E-state index contributed by atoms with van der Waals surface area (Å²) in [6, 6.07) is 8.55. The van der Waals surface area contributed by atoms with Gasteiger partial charge in [-0.25, -0.2) is 4.79 Å². The van der Waals surface area contributed by atoms with Crippen molar-refractivity contribution < 1.29 is 9.53 Å². The highest BCUT2D eigenvalue weighted by atomic mass is 16.5. The van der Waals surface area contributed by atoms with Crippen molar-refractivity contribution in [3.63, 3.8) is 0 Å². The highest BCUT2D eigenvalue weighted by Crippen LogP contribution is 2.08. The molecule has 0 fully saturated rings. The van der Waals surface area contributed by atoms with E-state index in [1.54, 1.807) is 24.3 Å². The molecule has 0 aliphatic rings. The van der Waals surface area contributed by atoms with Crippen LogP contribution < -0.4 is 0 Å². The third-order valence-electron chi connectivity index (χ3n) is 2.39. The number of hydrogen-bond donors (Lipinski definition) is 0. The Kier molecular flexibility index (Phi) is 5.22. The van der Waals surface area contributed by atoms with Gasteiger partial charge < -0.3 is 4.74 Å². The van der Waals surface area contributed by atoms with Crippen molar-refractivity contribution in [3.8, 4) is 6.07 Å². The maximum absolute atomic E-state index is 11.6. The minimum absolute atomic E-state index is 0.356. The number of ether oxygens (including phenoxy) is 1. The molecule has 1 aromatic carbocycles. The lowest BCUT2D eigenvalue weighted by Crippen LogP contribution is -2.07. The van der Waals surface area contributed by atoms with Crippen LogP contribution in [0.5, 0.6) is 0 Å². The van der Waals surface area contributed by atoms with Crippen LogP contribution in [0.3, 0.4) is 0 Å². The average molecular weight is 231 g/mol. The minimum Gasteiger partial charge on any atom is -0.462 e. The predicted octanol–water partition coefficient (Wildman–Crippen LogP) is 3.15. The Morgan fingerprint density at radius 2 is 2.24 bits per heavy atom. The Balaban J connectivity index is 2.44. The molecule has 3 heteroatoms. The van der Waals surface area contributed by atoms with Crippen molar-refractivity contribution >= 4 is 5.97 Å². The van der Waals surface area contributed by atoms with Gasteiger partial charge in [0.1, 0.15) is 0 Å². The van der Waals surface area contributed by atoms with Crippen molar-refractivity contribution in [2.24, 2.45) is 5.92 Å². The van der Waals surface area contributed by atoms with E-state index < -0.39 is 0 Å². The number of nitrogens with zero attached hydrogens (tertiary/aromatic N) is 1. The zero-order valence-corrected chi connectivity index (χ0v) is 10.3. The van der Waals surface area contributed by atoms with Gasteiger partial charge in [-0.05, 0) is 37.0 Å². The van der Waals surface area contributed by atoms with E-state index in [2.05, 4.69) is 13.8 Å². The van der Waals surface area contributed by atoms with Crippen LogP contribution in [0, 0.1) is 17.2 Å². The monoisotopic (exact) mass is 231 g/mol. The number of esters is 1. The number of nitriles is 1. The fourth-order valence-corrected chi connectivity index (χ4v) is 1.46. The van der Waals surface area contributed by atoms with Gasteiger partial charge in [-0.15, -0.1) is 0 Å². The normalized spacial score (nSPS) is 10.0. The van der Waals surface area contributed by atoms with Gasteiger partial charge in [0.25, 0.3) is 0 Å². The zero-order valence-electron chi connectivity index (χ0n) is 10.3. The molecule has 3 nitrogen and oxygen atoms in total. The van der Waals surface area contributed by atoms with Crippen LogP contribution >= 0.6 is 0 Å². The van der Waals surface area contributed by atoms with Crippen LogP contribution in [0.25, 0.3) is 0 Å². The van der Waals surface area contributed by atoms with Gasteiger partial charge in [-0.2, -0.15) is 5.26 Å². The van der Waals surface area contributed by atoms with Crippen LogP contribution in [-0.2, 0) is 4.74 Å². The quantitative estimate of drug-likeness (QED) is 0.577. The average Bonchev–Trinajstić information content (AvgIpc) is 2.34. The van der Waals surface area contributed by atoms with Crippen LogP contribution in [0.15, 0.2) is 24.3 Å². The first-order valence-electron chi connectivity index (χ1n) is 5.80. The smallest absolute Gasteiger partial charge is 0.338 e. The Hall–Kier alpha value is -1.82. The molecule has 0 radical (unpaired) electrons. The summed E-state index contributed by atoms with van der Waals surface area (Å²) >= 11 is 0. The molecule has 17 heavy (non-hydrogen) atoms. The predicted molar refractivity (Wildman–Crippen MR) is 65.5 cm³/mol. The zero-order chi connectivity index (χ0) is 12.7. The Morgan fingerprint density at radius 3 is 2.88 bits per heavy atom. The van der Waals surface area contributed by atoms with Crippen LogP contribution in [0.2, 0.25) is 0 Å². The summed E-state index contributed by atoms with van der Waals surface area (Å²) in [6.07, 6.45) is 1.92. The van der Waals surface area contributed by atoms with E-state index in [9.17, 15) is 4.79 Å². The summed E-state index contributed by atoms with van der Waals surface area (Å²) in [5.41, 5.74) is 0.912. The molecular formula is C14H17NO2. The molecule has 0 saturated heterocycles. The van der Waals surface area contributed by atoms with Gasteiger partial charge in [0, 0.05) is 0 Å². The standard InChI is InChI=1S/C14H17NO2/c1-11(2)5-4-8-17-14(16)13-7-3-6-12(9-13)10-15/h3,6-7,9,11H,4-5,8H2,1-2H3.